The number of nitrogens with zero attached hydrogens (tertiary/aromatic N) is 3. The van der Waals surface area contributed by atoms with Crippen molar-refractivity contribution in [2.24, 2.45) is 4.99 Å². The Kier molecular flexibility index (Phi) is 10.5. The maximum Gasteiger partial charge on any atom is 0.191 e. The van der Waals surface area contributed by atoms with Crippen molar-refractivity contribution in [1.82, 2.24) is 20.4 Å². The summed E-state index contributed by atoms with van der Waals surface area (Å²) in [7, 11) is 1.84. The van der Waals surface area contributed by atoms with Crippen LogP contribution in [-0.4, -0.2) is 80.8 Å². The summed E-state index contributed by atoms with van der Waals surface area (Å²) in [5.74, 6) is 0.875. The number of rotatable bonds is 10. The van der Waals surface area contributed by atoms with E-state index in [-0.39, 0.29) is 0 Å². The first-order valence-corrected chi connectivity index (χ1v) is 11.1. The quantitative estimate of drug-likeness (QED) is 0.357. The number of morpholine rings is 1. The second-order valence-corrected chi connectivity index (χ2v) is 8.23. The molecule has 1 unspecified atom stereocenters. The van der Waals surface area contributed by atoms with Crippen LogP contribution in [0.2, 0.25) is 0 Å². The highest BCUT2D eigenvalue weighted by atomic mass is 16.5. The van der Waals surface area contributed by atoms with Gasteiger partial charge in [0.2, 0.25) is 0 Å². The monoisotopic (exact) mass is 403 g/mol. The summed E-state index contributed by atoms with van der Waals surface area (Å²) >= 11 is 0. The molecule has 1 saturated heterocycles. The van der Waals surface area contributed by atoms with E-state index >= 15 is 0 Å². The molecule has 0 amide bonds. The number of benzene rings is 1. The number of guanidine groups is 1. The largest absolute Gasteiger partial charge is 0.379 e. The lowest BCUT2D eigenvalue weighted by molar-refractivity contribution is 0.0170. The number of hydrogen-bond donors (Lipinski definition) is 2. The van der Waals surface area contributed by atoms with Gasteiger partial charge in [-0.15, -0.1) is 0 Å². The lowest BCUT2D eigenvalue weighted by Crippen LogP contribution is -2.46. The number of aliphatic imine (C=N–C) groups is 1. The van der Waals surface area contributed by atoms with Gasteiger partial charge in [-0.3, -0.25) is 14.8 Å². The topological polar surface area (TPSA) is 52.1 Å². The SMILES string of the molecule is CN=C(NCCCN(C(C)C)C(C)C)NCC(c1ccccc1)N1CCOCC1. The van der Waals surface area contributed by atoms with E-state index in [1.54, 1.807) is 0 Å². The zero-order valence-corrected chi connectivity index (χ0v) is 19.0. The number of hydrogen-bond acceptors (Lipinski definition) is 4. The summed E-state index contributed by atoms with van der Waals surface area (Å²) in [4.78, 5) is 9.46. The van der Waals surface area contributed by atoms with Crippen molar-refractivity contribution < 1.29 is 4.74 Å². The summed E-state index contributed by atoms with van der Waals surface area (Å²) in [6, 6.07) is 12.2. The van der Waals surface area contributed by atoms with E-state index in [0.29, 0.717) is 18.1 Å². The van der Waals surface area contributed by atoms with E-state index in [9.17, 15) is 0 Å². The van der Waals surface area contributed by atoms with Gasteiger partial charge in [0.15, 0.2) is 5.96 Å². The third-order valence-corrected chi connectivity index (χ3v) is 5.57. The van der Waals surface area contributed by atoms with Gasteiger partial charge in [-0.05, 0) is 39.7 Å². The Morgan fingerprint density at radius 1 is 1.07 bits per heavy atom. The first-order valence-electron chi connectivity index (χ1n) is 11.1. The van der Waals surface area contributed by atoms with Crippen molar-refractivity contribution in [3.63, 3.8) is 0 Å². The molecule has 0 radical (unpaired) electrons. The molecule has 0 spiro atoms. The van der Waals surface area contributed by atoms with E-state index in [0.717, 1.165) is 58.3 Å². The van der Waals surface area contributed by atoms with Gasteiger partial charge in [0.25, 0.3) is 0 Å². The van der Waals surface area contributed by atoms with Crippen LogP contribution in [0, 0.1) is 0 Å². The van der Waals surface area contributed by atoms with Crippen LogP contribution in [0.1, 0.15) is 45.7 Å². The molecule has 164 valence electrons. The molecule has 6 heteroatoms. The summed E-state index contributed by atoms with van der Waals surface area (Å²) in [6.07, 6.45) is 1.10. The Bertz CT molecular complexity index is 576. The van der Waals surface area contributed by atoms with Crippen LogP contribution in [0.15, 0.2) is 35.3 Å². The normalized spacial score (nSPS) is 17.2. The van der Waals surface area contributed by atoms with Gasteiger partial charge in [0.05, 0.1) is 19.3 Å². The van der Waals surface area contributed by atoms with Gasteiger partial charge in [-0.25, -0.2) is 0 Å². The van der Waals surface area contributed by atoms with E-state index in [1.807, 2.05) is 7.05 Å². The summed E-state index contributed by atoms with van der Waals surface area (Å²) < 4.78 is 5.55. The van der Waals surface area contributed by atoms with E-state index in [2.05, 4.69) is 83.5 Å². The Hall–Kier alpha value is -1.63. The lowest BCUT2D eigenvalue weighted by atomic mass is 10.0. The van der Waals surface area contributed by atoms with Crippen molar-refractivity contribution in [3.8, 4) is 0 Å². The van der Waals surface area contributed by atoms with Crippen LogP contribution in [0.3, 0.4) is 0 Å². The molecule has 6 nitrogen and oxygen atoms in total. The number of nitrogens with one attached hydrogen (secondary N) is 2. The minimum Gasteiger partial charge on any atom is -0.379 e. The lowest BCUT2D eigenvalue weighted by Gasteiger charge is -2.35. The molecule has 1 heterocycles. The van der Waals surface area contributed by atoms with Crippen molar-refractivity contribution in [1.29, 1.82) is 0 Å². The molecular formula is C23H41N5O. The van der Waals surface area contributed by atoms with Crippen molar-refractivity contribution in [2.45, 2.75) is 52.2 Å². The fourth-order valence-corrected chi connectivity index (χ4v) is 4.02. The summed E-state index contributed by atoms with van der Waals surface area (Å²) in [5, 5.41) is 7.02. The zero-order chi connectivity index (χ0) is 21.1. The zero-order valence-electron chi connectivity index (χ0n) is 19.0. The first kappa shape index (κ1) is 23.6. The van der Waals surface area contributed by atoms with Gasteiger partial charge in [-0.1, -0.05) is 30.3 Å². The van der Waals surface area contributed by atoms with Gasteiger partial charge in [-0.2, -0.15) is 0 Å². The van der Waals surface area contributed by atoms with Crippen molar-refractivity contribution >= 4 is 5.96 Å². The number of ether oxygens (including phenoxy) is 1. The predicted octanol–water partition coefficient (Wildman–Crippen LogP) is 2.73. The average Bonchev–Trinajstić information content (AvgIpc) is 2.73. The highest BCUT2D eigenvalue weighted by Crippen LogP contribution is 2.21. The second-order valence-electron chi connectivity index (χ2n) is 8.23. The highest BCUT2D eigenvalue weighted by Gasteiger charge is 2.22. The van der Waals surface area contributed by atoms with Gasteiger partial charge in [0, 0.05) is 51.9 Å². The molecule has 1 aliphatic heterocycles. The van der Waals surface area contributed by atoms with Gasteiger partial charge < -0.3 is 15.4 Å². The smallest absolute Gasteiger partial charge is 0.191 e. The molecular weight excluding hydrogens is 362 g/mol. The summed E-state index contributed by atoms with van der Waals surface area (Å²) in [5.41, 5.74) is 1.34. The highest BCUT2D eigenvalue weighted by molar-refractivity contribution is 5.79. The third kappa shape index (κ3) is 7.96. The molecule has 1 aliphatic rings. The molecule has 0 aliphatic carbocycles. The van der Waals surface area contributed by atoms with Gasteiger partial charge in [0.1, 0.15) is 0 Å². The van der Waals surface area contributed by atoms with E-state index < -0.39 is 0 Å². The minimum absolute atomic E-state index is 0.316. The maximum atomic E-state index is 5.55. The Balaban J connectivity index is 1.85. The molecule has 1 aromatic carbocycles. The average molecular weight is 404 g/mol. The molecule has 2 rings (SSSR count). The molecule has 2 N–H and O–H groups in total. The van der Waals surface area contributed by atoms with Crippen LogP contribution < -0.4 is 10.6 Å². The standard InChI is InChI=1S/C23H41N5O/c1-19(2)28(20(3)4)13-9-12-25-23(24-5)26-18-22(21-10-7-6-8-11-21)27-14-16-29-17-15-27/h6-8,10-11,19-20,22H,9,12-18H2,1-5H3,(H2,24,25,26). The fraction of sp³-hybridized carbons (Fsp3) is 0.696. The second kappa shape index (κ2) is 12.8. The Morgan fingerprint density at radius 3 is 2.31 bits per heavy atom. The van der Waals surface area contributed by atoms with Crippen molar-refractivity contribution in [2.75, 3.05) is 53.0 Å². The summed E-state index contributed by atoms with van der Waals surface area (Å²) in [6.45, 7) is 15.5. The third-order valence-electron chi connectivity index (χ3n) is 5.57. The van der Waals surface area contributed by atoms with Crippen LogP contribution in [-0.2, 0) is 4.74 Å². The van der Waals surface area contributed by atoms with Crippen LogP contribution in [0.4, 0.5) is 0 Å². The first-order chi connectivity index (χ1) is 14.0. The predicted molar refractivity (Wildman–Crippen MR) is 123 cm³/mol. The van der Waals surface area contributed by atoms with E-state index in [1.165, 1.54) is 5.56 Å². The van der Waals surface area contributed by atoms with Crippen LogP contribution in [0.5, 0.6) is 0 Å². The van der Waals surface area contributed by atoms with Crippen molar-refractivity contribution in [3.05, 3.63) is 35.9 Å². The van der Waals surface area contributed by atoms with Crippen LogP contribution >= 0.6 is 0 Å². The van der Waals surface area contributed by atoms with Gasteiger partial charge >= 0.3 is 0 Å². The Labute approximate surface area is 177 Å². The molecule has 1 fully saturated rings. The molecule has 0 saturated carbocycles. The minimum atomic E-state index is 0.316. The Morgan fingerprint density at radius 2 is 1.72 bits per heavy atom. The van der Waals surface area contributed by atoms with Crippen LogP contribution in [0.25, 0.3) is 0 Å². The molecule has 0 aromatic heterocycles. The maximum absolute atomic E-state index is 5.55. The fourth-order valence-electron chi connectivity index (χ4n) is 4.02. The molecule has 29 heavy (non-hydrogen) atoms. The molecule has 1 aromatic rings. The van der Waals surface area contributed by atoms with E-state index in [4.69, 9.17) is 4.74 Å². The molecule has 1 atom stereocenters. The molecule has 0 bridgehead atoms.